The molecule has 1 amide bonds. The Labute approximate surface area is 98.3 Å². The number of amides is 1. The molecule has 0 aromatic heterocycles. The first-order valence-corrected chi connectivity index (χ1v) is 5.03. The average Bonchev–Trinajstić information content (AvgIpc) is 2.29. The molecule has 1 atom stereocenters. The molecule has 0 saturated heterocycles. The third kappa shape index (κ3) is 3.54. The van der Waals surface area contributed by atoms with Gasteiger partial charge in [0.2, 0.25) is 0 Å². The zero-order chi connectivity index (χ0) is 12.8. The van der Waals surface area contributed by atoms with Crippen molar-refractivity contribution in [1.29, 1.82) is 0 Å². The van der Waals surface area contributed by atoms with Gasteiger partial charge in [-0.05, 0) is 19.1 Å². The Balaban J connectivity index is 2.85. The van der Waals surface area contributed by atoms with E-state index in [0.29, 0.717) is 0 Å². The third-order valence-electron chi connectivity index (χ3n) is 2.15. The van der Waals surface area contributed by atoms with Crippen LogP contribution in [-0.4, -0.2) is 35.0 Å². The van der Waals surface area contributed by atoms with Gasteiger partial charge in [0.05, 0.1) is 24.0 Å². The number of rotatable bonds is 5. The lowest BCUT2D eigenvalue weighted by Gasteiger charge is -2.14. The Morgan fingerprint density at radius 1 is 1.29 bits per heavy atom. The molecule has 0 radical (unpaired) electrons. The highest BCUT2D eigenvalue weighted by Crippen LogP contribution is 2.08. The van der Waals surface area contributed by atoms with Crippen LogP contribution in [0.1, 0.15) is 27.6 Å². The number of aliphatic hydroxyl groups excluding tert-OH is 1. The van der Waals surface area contributed by atoms with E-state index in [-0.39, 0.29) is 17.9 Å². The lowest BCUT2D eigenvalue weighted by atomic mass is 10.1. The summed E-state index contributed by atoms with van der Waals surface area (Å²) < 4.78 is 0. The zero-order valence-corrected chi connectivity index (χ0v) is 9.30. The van der Waals surface area contributed by atoms with Crippen LogP contribution in [0.3, 0.4) is 0 Å². The molecule has 0 bridgehead atoms. The molecular weight excluding hydrogens is 224 g/mol. The highest BCUT2D eigenvalue weighted by Gasteiger charge is 2.16. The van der Waals surface area contributed by atoms with Crippen LogP contribution < -0.4 is 10.6 Å². The van der Waals surface area contributed by atoms with E-state index < -0.39 is 18.0 Å². The maximum atomic E-state index is 11.8. The van der Waals surface area contributed by atoms with Gasteiger partial charge in [-0.2, -0.15) is 0 Å². The molecule has 0 heterocycles. The normalized spacial score (nSPS) is 11.9. The monoisotopic (exact) mass is 238 g/mol. The van der Waals surface area contributed by atoms with Crippen molar-refractivity contribution in [2.45, 2.75) is 13.1 Å². The number of carboxylic acid groups (broad SMARTS) is 1. The maximum Gasteiger partial charge on any atom is 0.336 e. The number of hydrogen-bond donors (Lipinski definition) is 4. The first kappa shape index (κ1) is 13.1. The van der Waals surface area contributed by atoms with Crippen molar-refractivity contribution in [3.8, 4) is 0 Å². The van der Waals surface area contributed by atoms with E-state index in [1.165, 1.54) is 12.1 Å². The van der Waals surface area contributed by atoms with Crippen LogP contribution in [0.25, 0.3) is 0 Å². The summed E-state index contributed by atoms with van der Waals surface area (Å²) in [6, 6.07) is 5.94. The van der Waals surface area contributed by atoms with Gasteiger partial charge in [0.25, 0.3) is 5.91 Å². The number of carbonyl (C=O) groups is 2. The largest absolute Gasteiger partial charge is 0.478 e. The SMILES string of the molecule is CC(NCO)NC(=O)c1ccccc1C(=O)O. The molecule has 1 rings (SSSR count). The fraction of sp³-hybridized carbons (Fsp3) is 0.273. The van der Waals surface area contributed by atoms with Crippen LogP contribution >= 0.6 is 0 Å². The fourth-order valence-electron chi connectivity index (χ4n) is 1.33. The van der Waals surface area contributed by atoms with E-state index in [9.17, 15) is 9.59 Å². The van der Waals surface area contributed by atoms with Gasteiger partial charge in [-0.3, -0.25) is 10.1 Å². The molecule has 1 aromatic carbocycles. The Kier molecular flexibility index (Phi) is 4.62. The highest BCUT2D eigenvalue weighted by molar-refractivity contribution is 6.04. The van der Waals surface area contributed by atoms with Gasteiger partial charge >= 0.3 is 5.97 Å². The molecule has 0 aliphatic carbocycles. The van der Waals surface area contributed by atoms with Gasteiger partial charge in [-0.15, -0.1) is 0 Å². The first-order chi connectivity index (χ1) is 8.06. The maximum absolute atomic E-state index is 11.8. The van der Waals surface area contributed by atoms with Gasteiger partial charge in [0.15, 0.2) is 0 Å². The van der Waals surface area contributed by atoms with E-state index >= 15 is 0 Å². The van der Waals surface area contributed by atoms with Crippen LogP contribution in [0.5, 0.6) is 0 Å². The molecule has 0 fully saturated rings. The Bertz CT molecular complexity index is 420. The van der Waals surface area contributed by atoms with Gasteiger partial charge in [-0.1, -0.05) is 12.1 Å². The van der Waals surface area contributed by atoms with Crippen molar-refractivity contribution in [2.24, 2.45) is 0 Å². The van der Waals surface area contributed by atoms with E-state index in [4.69, 9.17) is 10.2 Å². The third-order valence-corrected chi connectivity index (χ3v) is 2.15. The predicted molar refractivity (Wildman–Crippen MR) is 60.6 cm³/mol. The molecule has 6 nitrogen and oxygen atoms in total. The van der Waals surface area contributed by atoms with Crippen LogP contribution in [0.2, 0.25) is 0 Å². The molecule has 0 saturated carbocycles. The standard InChI is InChI=1S/C11H14N2O4/c1-7(12-6-14)13-10(15)8-4-2-3-5-9(8)11(16)17/h2-5,7,12,14H,6H2,1H3,(H,13,15)(H,16,17). The molecule has 92 valence electrons. The summed E-state index contributed by atoms with van der Waals surface area (Å²) >= 11 is 0. The minimum absolute atomic E-state index is 0.0544. The second-order valence-electron chi connectivity index (χ2n) is 3.41. The summed E-state index contributed by atoms with van der Waals surface area (Å²) in [6.45, 7) is 1.36. The molecule has 0 aliphatic heterocycles. The lowest BCUT2D eigenvalue weighted by Crippen LogP contribution is -2.43. The predicted octanol–water partition coefficient (Wildman–Crippen LogP) is -0.0000000000000000555. The molecule has 0 spiro atoms. The van der Waals surface area contributed by atoms with E-state index in [1.807, 2.05) is 0 Å². The van der Waals surface area contributed by atoms with Crippen LogP contribution in [-0.2, 0) is 0 Å². The number of nitrogens with one attached hydrogen (secondary N) is 2. The Hall–Kier alpha value is -1.92. The summed E-state index contributed by atoms with van der Waals surface area (Å²) in [6.07, 6.45) is -0.450. The molecule has 4 N–H and O–H groups in total. The van der Waals surface area contributed by atoms with E-state index in [0.717, 1.165) is 0 Å². The second-order valence-corrected chi connectivity index (χ2v) is 3.41. The number of hydrogen-bond acceptors (Lipinski definition) is 4. The minimum atomic E-state index is -1.15. The van der Waals surface area contributed by atoms with E-state index in [1.54, 1.807) is 19.1 Å². The van der Waals surface area contributed by atoms with Crippen molar-refractivity contribution in [3.05, 3.63) is 35.4 Å². The van der Waals surface area contributed by atoms with Gasteiger partial charge in [-0.25, -0.2) is 4.79 Å². The fourth-order valence-corrected chi connectivity index (χ4v) is 1.33. The second kappa shape index (κ2) is 5.97. The van der Waals surface area contributed by atoms with E-state index in [2.05, 4.69) is 10.6 Å². The summed E-state index contributed by atoms with van der Waals surface area (Å²) in [5.74, 6) is -1.66. The Morgan fingerprint density at radius 3 is 2.41 bits per heavy atom. The van der Waals surface area contributed by atoms with Crippen LogP contribution in [0.4, 0.5) is 0 Å². The van der Waals surface area contributed by atoms with Crippen molar-refractivity contribution < 1.29 is 19.8 Å². The number of aromatic carboxylic acids is 1. The Morgan fingerprint density at radius 2 is 1.88 bits per heavy atom. The zero-order valence-electron chi connectivity index (χ0n) is 9.30. The molecule has 0 aliphatic rings. The highest BCUT2D eigenvalue weighted by atomic mass is 16.4. The van der Waals surface area contributed by atoms with Crippen molar-refractivity contribution in [2.75, 3.05) is 6.73 Å². The number of aliphatic hydroxyl groups is 1. The van der Waals surface area contributed by atoms with Gasteiger partial charge in [0.1, 0.15) is 0 Å². The molecule has 17 heavy (non-hydrogen) atoms. The summed E-state index contributed by atoms with van der Waals surface area (Å²) in [5.41, 5.74) is 0.0350. The van der Waals surface area contributed by atoms with Gasteiger partial charge < -0.3 is 15.5 Å². The number of carbonyl (C=O) groups excluding carboxylic acids is 1. The molecule has 6 heteroatoms. The molecule has 1 aromatic rings. The van der Waals surface area contributed by atoms with Crippen LogP contribution in [0, 0.1) is 0 Å². The van der Waals surface area contributed by atoms with Gasteiger partial charge in [0, 0.05) is 0 Å². The van der Waals surface area contributed by atoms with Crippen LogP contribution in [0.15, 0.2) is 24.3 Å². The summed E-state index contributed by atoms with van der Waals surface area (Å²) in [5, 5.41) is 22.6. The molecule has 1 unspecified atom stereocenters. The number of carboxylic acids is 1. The summed E-state index contributed by atoms with van der Waals surface area (Å²) in [7, 11) is 0. The quantitative estimate of drug-likeness (QED) is 0.541. The van der Waals surface area contributed by atoms with Crippen molar-refractivity contribution in [1.82, 2.24) is 10.6 Å². The van der Waals surface area contributed by atoms with Crippen molar-refractivity contribution >= 4 is 11.9 Å². The first-order valence-electron chi connectivity index (χ1n) is 5.03. The lowest BCUT2D eigenvalue weighted by molar-refractivity contribution is 0.0690. The minimum Gasteiger partial charge on any atom is -0.478 e. The average molecular weight is 238 g/mol. The molecular formula is C11H14N2O4. The smallest absolute Gasteiger partial charge is 0.336 e. The van der Waals surface area contributed by atoms with Crippen molar-refractivity contribution in [3.63, 3.8) is 0 Å². The topological polar surface area (TPSA) is 98.7 Å². The summed E-state index contributed by atoms with van der Waals surface area (Å²) in [4.78, 5) is 22.7. The number of benzene rings is 1.